The standard InChI is InChI=1S/C26H54/c1-6-7-8-9-10-11-12-13-14-15-16-17-20-25(4)22-23-26(5)21-18-19-24(2)3/h24-26H,6-23H2,1-5H3. The topological polar surface area (TPSA) is 0 Å². The molecule has 0 heteroatoms. The van der Waals surface area contributed by atoms with Gasteiger partial charge in [-0.3, -0.25) is 0 Å². The van der Waals surface area contributed by atoms with E-state index in [1.165, 1.54) is 116 Å². The highest BCUT2D eigenvalue weighted by Crippen LogP contribution is 2.22. The molecule has 0 N–H and O–H groups in total. The van der Waals surface area contributed by atoms with Crippen LogP contribution >= 0.6 is 0 Å². The first-order valence-corrected chi connectivity index (χ1v) is 12.6. The molecule has 0 saturated heterocycles. The van der Waals surface area contributed by atoms with Gasteiger partial charge in [-0.2, -0.15) is 0 Å². The van der Waals surface area contributed by atoms with Crippen LogP contribution in [0.5, 0.6) is 0 Å². The monoisotopic (exact) mass is 366 g/mol. The van der Waals surface area contributed by atoms with E-state index in [0.29, 0.717) is 0 Å². The Balaban J connectivity index is 3.27. The second-order valence-corrected chi connectivity index (χ2v) is 9.79. The molecule has 0 nitrogen and oxygen atoms in total. The summed E-state index contributed by atoms with van der Waals surface area (Å²) in [5.41, 5.74) is 0. The van der Waals surface area contributed by atoms with E-state index in [-0.39, 0.29) is 0 Å². The Morgan fingerprint density at radius 2 is 0.769 bits per heavy atom. The molecule has 0 aliphatic heterocycles. The minimum atomic E-state index is 0.881. The maximum Gasteiger partial charge on any atom is -0.0443 e. The van der Waals surface area contributed by atoms with Crippen molar-refractivity contribution in [1.82, 2.24) is 0 Å². The van der Waals surface area contributed by atoms with Gasteiger partial charge in [-0.05, 0) is 17.8 Å². The molecule has 0 aromatic carbocycles. The van der Waals surface area contributed by atoms with Crippen LogP contribution in [0, 0.1) is 17.8 Å². The van der Waals surface area contributed by atoms with Crippen molar-refractivity contribution in [2.75, 3.05) is 0 Å². The van der Waals surface area contributed by atoms with Crippen molar-refractivity contribution in [2.45, 2.75) is 150 Å². The quantitative estimate of drug-likeness (QED) is 0.188. The van der Waals surface area contributed by atoms with Gasteiger partial charge in [0.2, 0.25) is 0 Å². The number of rotatable bonds is 20. The Bertz CT molecular complexity index is 255. The van der Waals surface area contributed by atoms with Gasteiger partial charge in [0.05, 0.1) is 0 Å². The van der Waals surface area contributed by atoms with Gasteiger partial charge >= 0.3 is 0 Å². The Kier molecular flexibility index (Phi) is 19.8. The van der Waals surface area contributed by atoms with Gasteiger partial charge in [0.1, 0.15) is 0 Å². The van der Waals surface area contributed by atoms with E-state index in [1.807, 2.05) is 0 Å². The van der Waals surface area contributed by atoms with Crippen molar-refractivity contribution in [3.05, 3.63) is 0 Å². The van der Waals surface area contributed by atoms with Crippen molar-refractivity contribution < 1.29 is 0 Å². The molecule has 0 radical (unpaired) electrons. The van der Waals surface area contributed by atoms with E-state index in [0.717, 1.165) is 17.8 Å². The van der Waals surface area contributed by atoms with Crippen LogP contribution in [0.4, 0.5) is 0 Å². The van der Waals surface area contributed by atoms with Crippen LogP contribution in [0.15, 0.2) is 0 Å². The maximum atomic E-state index is 2.49. The third-order valence-corrected chi connectivity index (χ3v) is 6.18. The van der Waals surface area contributed by atoms with Crippen LogP contribution in [0.2, 0.25) is 0 Å². The molecule has 2 unspecified atom stereocenters. The Labute approximate surface area is 168 Å². The van der Waals surface area contributed by atoms with E-state index in [4.69, 9.17) is 0 Å². The summed E-state index contributed by atoms with van der Waals surface area (Å²) in [7, 11) is 0. The summed E-state index contributed by atoms with van der Waals surface area (Å²) in [4.78, 5) is 0. The van der Waals surface area contributed by atoms with Crippen molar-refractivity contribution in [2.24, 2.45) is 17.8 Å². The van der Waals surface area contributed by atoms with Crippen LogP contribution in [0.1, 0.15) is 150 Å². The first kappa shape index (κ1) is 26.0. The van der Waals surface area contributed by atoms with Crippen molar-refractivity contribution >= 4 is 0 Å². The number of hydrogen-bond donors (Lipinski definition) is 0. The minimum absolute atomic E-state index is 0.881. The normalized spacial score (nSPS) is 14.1. The zero-order valence-electron chi connectivity index (χ0n) is 19.5. The molecule has 26 heavy (non-hydrogen) atoms. The summed E-state index contributed by atoms with van der Waals surface area (Å²) >= 11 is 0. The van der Waals surface area contributed by atoms with Crippen molar-refractivity contribution in [3.63, 3.8) is 0 Å². The lowest BCUT2D eigenvalue weighted by molar-refractivity contribution is 0.372. The third kappa shape index (κ3) is 20.3. The van der Waals surface area contributed by atoms with Gasteiger partial charge in [-0.15, -0.1) is 0 Å². The van der Waals surface area contributed by atoms with E-state index < -0.39 is 0 Å². The first-order valence-electron chi connectivity index (χ1n) is 12.6. The fourth-order valence-corrected chi connectivity index (χ4v) is 4.07. The van der Waals surface area contributed by atoms with Gasteiger partial charge in [-0.1, -0.05) is 150 Å². The average molecular weight is 367 g/mol. The molecule has 0 bridgehead atoms. The molecule has 2 atom stereocenters. The van der Waals surface area contributed by atoms with Crippen LogP contribution in [0.3, 0.4) is 0 Å². The highest BCUT2D eigenvalue weighted by atomic mass is 14.1. The van der Waals surface area contributed by atoms with Gasteiger partial charge < -0.3 is 0 Å². The lowest BCUT2D eigenvalue weighted by Crippen LogP contribution is -2.01. The summed E-state index contributed by atoms with van der Waals surface area (Å²) < 4.78 is 0. The molecule has 0 aliphatic rings. The molecule has 0 aromatic rings. The number of unbranched alkanes of at least 4 members (excludes halogenated alkanes) is 11. The van der Waals surface area contributed by atoms with E-state index in [9.17, 15) is 0 Å². The van der Waals surface area contributed by atoms with Gasteiger partial charge in [0, 0.05) is 0 Å². The van der Waals surface area contributed by atoms with Crippen LogP contribution < -0.4 is 0 Å². The van der Waals surface area contributed by atoms with Crippen molar-refractivity contribution in [3.8, 4) is 0 Å². The van der Waals surface area contributed by atoms with Crippen LogP contribution in [0.25, 0.3) is 0 Å². The summed E-state index contributed by atoms with van der Waals surface area (Å²) in [6.07, 6.45) is 26.3. The lowest BCUT2D eigenvalue weighted by Gasteiger charge is -2.16. The van der Waals surface area contributed by atoms with Crippen LogP contribution in [-0.2, 0) is 0 Å². The lowest BCUT2D eigenvalue weighted by atomic mass is 9.90. The highest BCUT2D eigenvalue weighted by molar-refractivity contribution is 4.60. The second kappa shape index (κ2) is 19.8. The predicted molar refractivity (Wildman–Crippen MR) is 122 cm³/mol. The third-order valence-electron chi connectivity index (χ3n) is 6.18. The largest absolute Gasteiger partial charge is 0.0654 e. The second-order valence-electron chi connectivity index (χ2n) is 9.79. The summed E-state index contributed by atoms with van der Waals surface area (Å²) in [5, 5.41) is 0. The maximum absolute atomic E-state index is 2.49. The van der Waals surface area contributed by atoms with E-state index in [2.05, 4.69) is 34.6 Å². The molecule has 158 valence electrons. The Hall–Kier alpha value is 0. The average Bonchev–Trinajstić information content (AvgIpc) is 2.60. The van der Waals surface area contributed by atoms with Crippen LogP contribution in [-0.4, -0.2) is 0 Å². The molecule has 0 saturated carbocycles. The first-order chi connectivity index (χ1) is 12.6. The molecular formula is C26H54. The Morgan fingerprint density at radius 1 is 0.385 bits per heavy atom. The molecule has 0 amide bonds. The predicted octanol–water partition coefficient (Wildman–Crippen LogP) is 9.96. The van der Waals surface area contributed by atoms with Crippen molar-refractivity contribution in [1.29, 1.82) is 0 Å². The summed E-state index contributed by atoms with van der Waals surface area (Å²) in [5.74, 6) is 2.77. The summed E-state index contributed by atoms with van der Waals surface area (Å²) in [6.45, 7) is 12.0. The smallest absolute Gasteiger partial charge is 0.0443 e. The molecule has 0 rings (SSSR count). The fourth-order valence-electron chi connectivity index (χ4n) is 4.07. The fraction of sp³-hybridized carbons (Fsp3) is 1.00. The highest BCUT2D eigenvalue weighted by Gasteiger charge is 2.07. The molecule has 0 heterocycles. The zero-order valence-corrected chi connectivity index (χ0v) is 19.5. The molecule has 0 spiro atoms. The molecule has 0 fully saturated rings. The van der Waals surface area contributed by atoms with Gasteiger partial charge in [-0.25, -0.2) is 0 Å². The van der Waals surface area contributed by atoms with E-state index >= 15 is 0 Å². The SMILES string of the molecule is CCCCCCCCCCCCCCC(C)CCC(C)CCCC(C)C. The minimum Gasteiger partial charge on any atom is -0.0654 e. The number of hydrogen-bond acceptors (Lipinski definition) is 0. The molecule has 0 aromatic heterocycles. The van der Waals surface area contributed by atoms with Gasteiger partial charge in [0.25, 0.3) is 0 Å². The Morgan fingerprint density at radius 3 is 1.19 bits per heavy atom. The van der Waals surface area contributed by atoms with Gasteiger partial charge in [0.15, 0.2) is 0 Å². The zero-order chi connectivity index (χ0) is 19.5. The summed E-state index contributed by atoms with van der Waals surface area (Å²) in [6, 6.07) is 0. The molecular weight excluding hydrogens is 312 g/mol. The molecule has 0 aliphatic carbocycles. The van der Waals surface area contributed by atoms with E-state index in [1.54, 1.807) is 0 Å².